The Kier molecular flexibility index (Phi) is 3.27. The van der Waals surface area contributed by atoms with E-state index in [4.69, 9.17) is 5.11 Å². The molecule has 0 aromatic rings. The highest BCUT2D eigenvalue weighted by Gasteiger charge is 2.38. The molecule has 4 nitrogen and oxygen atoms in total. The molecule has 0 heterocycles. The molecule has 1 saturated carbocycles. The molecule has 1 aliphatic rings. The number of nitrogens with one attached hydrogen (secondary N) is 1. The van der Waals surface area contributed by atoms with Crippen molar-refractivity contribution in [1.29, 1.82) is 0 Å². The molecule has 0 unspecified atom stereocenters. The van der Waals surface area contributed by atoms with Crippen LogP contribution in [0.4, 0.5) is 0 Å². The summed E-state index contributed by atoms with van der Waals surface area (Å²) < 4.78 is 0. The molecule has 0 radical (unpaired) electrons. The van der Waals surface area contributed by atoms with Crippen LogP contribution in [0.1, 0.15) is 32.6 Å². The van der Waals surface area contributed by atoms with Crippen LogP contribution in [-0.2, 0) is 4.79 Å². The topological polar surface area (TPSA) is 69.6 Å². The lowest BCUT2D eigenvalue weighted by Gasteiger charge is -2.23. The molecule has 1 amide bonds. The number of amides is 1. The van der Waals surface area contributed by atoms with Gasteiger partial charge in [-0.3, -0.25) is 4.79 Å². The minimum Gasteiger partial charge on any atom is -0.394 e. The lowest BCUT2D eigenvalue weighted by atomic mass is 10.0. The van der Waals surface area contributed by atoms with Gasteiger partial charge in [0.1, 0.15) is 5.60 Å². The first-order chi connectivity index (χ1) is 6.08. The second-order valence-electron chi connectivity index (χ2n) is 3.80. The fourth-order valence-corrected chi connectivity index (χ4v) is 1.59. The Morgan fingerprint density at radius 3 is 2.54 bits per heavy atom. The highest BCUT2D eigenvalue weighted by atomic mass is 16.3. The molecule has 1 aliphatic carbocycles. The number of hydrogen-bond acceptors (Lipinski definition) is 3. The van der Waals surface area contributed by atoms with Crippen molar-refractivity contribution in [2.75, 3.05) is 6.61 Å². The van der Waals surface area contributed by atoms with Gasteiger partial charge in [-0.2, -0.15) is 0 Å². The second-order valence-corrected chi connectivity index (χ2v) is 3.80. The van der Waals surface area contributed by atoms with Gasteiger partial charge >= 0.3 is 0 Å². The highest BCUT2D eigenvalue weighted by molar-refractivity contribution is 5.85. The van der Waals surface area contributed by atoms with Gasteiger partial charge in [0, 0.05) is 6.04 Å². The Morgan fingerprint density at radius 2 is 2.08 bits per heavy atom. The minimum absolute atomic E-state index is 0.0954. The summed E-state index contributed by atoms with van der Waals surface area (Å²) in [5.74, 6) is -0.341. The lowest BCUT2D eigenvalue weighted by molar-refractivity contribution is -0.140. The number of aliphatic hydroxyl groups is 2. The van der Waals surface area contributed by atoms with Crippen LogP contribution in [0.15, 0.2) is 0 Å². The molecule has 13 heavy (non-hydrogen) atoms. The number of hydrogen-bond donors (Lipinski definition) is 3. The van der Waals surface area contributed by atoms with E-state index in [1.165, 1.54) is 0 Å². The largest absolute Gasteiger partial charge is 0.394 e. The van der Waals surface area contributed by atoms with Crippen molar-refractivity contribution in [2.24, 2.45) is 0 Å². The molecule has 0 aromatic carbocycles. The molecule has 0 bridgehead atoms. The van der Waals surface area contributed by atoms with Crippen LogP contribution < -0.4 is 5.32 Å². The third-order valence-electron chi connectivity index (χ3n) is 2.50. The molecule has 0 spiro atoms. The van der Waals surface area contributed by atoms with Crippen LogP contribution in [0.25, 0.3) is 0 Å². The Bertz CT molecular complexity index is 187. The van der Waals surface area contributed by atoms with Crippen molar-refractivity contribution in [3.8, 4) is 0 Å². The van der Waals surface area contributed by atoms with Crippen LogP contribution in [0.2, 0.25) is 0 Å². The van der Waals surface area contributed by atoms with E-state index in [-0.39, 0.29) is 18.6 Å². The zero-order valence-corrected chi connectivity index (χ0v) is 7.92. The van der Waals surface area contributed by atoms with Crippen LogP contribution >= 0.6 is 0 Å². The fourth-order valence-electron chi connectivity index (χ4n) is 1.59. The Labute approximate surface area is 78.0 Å². The van der Waals surface area contributed by atoms with E-state index in [2.05, 4.69) is 5.32 Å². The first-order valence-electron chi connectivity index (χ1n) is 4.73. The van der Waals surface area contributed by atoms with E-state index >= 15 is 0 Å². The predicted octanol–water partition coefficient (Wildman–Crippen LogP) is -0.212. The first-order valence-corrected chi connectivity index (χ1v) is 4.73. The summed E-state index contributed by atoms with van der Waals surface area (Å²) in [5, 5.41) is 21.1. The average molecular weight is 187 g/mol. The van der Waals surface area contributed by atoms with Crippen molar-refractivity contribution < 1.29 is 15.0 Å². The standard InChI is InChI=1S/C9H17NO3/c1-7(6-11)10-8(12)9(13)4-2-3-5-9/h7,11,13H,2-6H2,1H3,(H,10,12)/t7-/m0/s1. The number of carbonyl (C=O) groups excluding carboxylic acids is 1. The number of aliphatic hydroxyl groups excluding tert-OH is 1. The van der Waals surface area contributed by atoms with Gasteiger partial charge < -0.3 is 15.5 Å². The van der Waals surface area contributed by atoms with Crippen molar-refractivity contribution in [1.82, 2.24) is 5.32 Å². The van der Waals surface area contributed by atoms with Gasteiger partial charge in [-0.25, -0.2) is 0 Å². The van der Waals surface area contributed by atoms with E-state index in [1.807, 2.05) is 0 Å². The Hall–Kier alpha value is -0.610. The van der Waals surface area contributed by atoms with Gasteiger partial charge in [0.2, 0.25) is 0 Å². The zero-order chi connectivity index (χ0) is 9.90. The monoisotopic (exact) mass is 187 g/mol. The molecule has 76 valence electrons. The normalized spacial score (nSPS) is 22.7. The first kappa shape index (κ1) is 10.5. The summed E-state index contributed by atoms with van der Waals surface area (Å²) in [7, 11) is 0. The molecule has 3 N–H and O–H groups in total. The molecule has 1 rings (SSSR count). The summed E-state index contributed by atoms with van der Waals surface area (Å²) in [6, 6.07) is -0.280. The van der Waals surface area contributed by atoms with Crippen molar-refractivity contribution in [3.63, 3.8) is 0 Å². The van der Waals surface area contributed by atoms with Gasteiger partial charge in [0.05, 0.1) is 6.61 Å². The third kappa shape index (κ3) is 2.42. The average Bonchev–Trinajstić information content (AvgIpc) is 2.53. The lowest BCUT2D eigenvalue weighted by Crippen LogP contribution is -2.48. The van der Waals surface area contributed by atoms with Crippen LogP contribution in [0.5, 0.6) is 0 Å². The quantitative estimate of drug-likeness (QED) is 0.572. The SMILES string of the molecule is C[C@@H](CO)NC(=O)C1(O)CCCC1. The summed E-state index contributed by atoms with van der Waals surface area (Å²) in [6.45, 7) is 1.61. The van der Waals surface area contributed by atoms with E-state index in [0.717, 1.165) is 12.8 Å². The third-order valence-corrected chi connectivity index (χ3v) is 2.50. The number of rotatable bonds is 3. The fraction of sp³-hybridized carbons (Fsp3) is 0.889. The Morgan fingerprint density at radius 1 is 1.54 bits per heavy atom. The second kappa shape index (κ2) is 4.07. The maximum absolute atomic E-state index is 11.5. The van der Waals surface area contributed by atoms with Crippen LogP contribution in [0, 0.1) is 0 Å². The Balaban J connectivity index is 2.46. The smallest absolute Gasteiger partial charge is 0.252 e. The van der Waals surface area contributed by atoms with Gasteiger partial charge in [-0.15, -0.1) is 0 Å². The summed E-state index contributed by atoms with van der Waals surface area (Å²) >= 11 is 0. The maximum Gasteiger partial charge on any atom is 0.252 e. The minimum atomic E-state index is -1.18. The summed E-state index contributed by atoms with van der Waals surface area (Å²) in [6.07, 6.45) is 2.88. The molecule has 0 aliphatic heterocycles. The predicted molar refractivity (Wildman–Crippen MR) is 48.1 cm³/mol. The van der Waals surface area contributed by atoms with E-state index in [9.17, 15) is 9.90 Å². The molecule has 1 fully saturated rings. The van der Waals surface area contributed by atoms with Crippen LogP contribution in [0.3, 0.4) is 0 Å². The van der Waals surface area contributed by atoms with E-state index in [1.54, 1.807) is 6.92 Å². The molecule has 0 saturated heterocycles. The van der Waals surface area contributed by atoms with Gasteiger partial charge in [0.15, 0.2) is 0 Å². The summed E-state index contributed by atoms with van der Waals surface area (Å²) in [5.41, 5.74) is -1.18. The van der Waals surface area contributed by atoms with Crippen molar-refractivity contribution >= 4 is 5.91 Å². The zero-order valence-electron chi connectivity index (χ0n) is 7.92. The molecular weight excluding hydrogens is 170 g/mol. The van der Waals surface area contributed by atoms with E-state index in [0.29, 0.717) is 12.8 Å². The van der Waals surface area contributed by atoms with Gasteiger partial charge in [-0.05, 0) is 32.6 Å². The van der Waals surface area contributed by atoms with E-state index < -0.39 is 5.60 Å². The maximum atomic E-state index is 11.5. The van der Waals surface area contributed by atoms with Crippen LogP contribution in [-0.4, -0.2) is 34.4 Å². The highest BCUT2D eigenvalue weighted by Crippen LogP contribution is 2.29. The van der Waals surface area contributed by atoms with Gasteiger partial charge in [0.25, 0.3) is 5.91 Å². The van der Waals surface area contributed by atoms with Crippen molar-refractivity contribution in [3.05, 3.63) is 0 Å². The number of carbonyl (C=O) groups is 1. The molecule has 0 aromatic heterocycles. The molecule has 1 atom stereocenters. The molecular formula is C9H17NO3. The molecule has 4 heteroatoms. The van der Waals surface area contributed by atoms with Gasteiger partial charge in [-0.1, -0.05) is 0 Å². The van der Waals surface area contributed by atoms with Crippen molar-refractivity contribution in [2.45, 2.75) is 44.2 Å². The summed E-state index contributed by atoms with van der Waals surface area (Å²) in [4.78, 5) is 11.5.